The van der Waals surface area contributed by atoms with Gasteiger partial charge in [-0.05, 0) is 29.3 Å². The molecule has 2 aromatic carbocycles. The van der Waals surface area contributed by atoms with Gasteiger partial charge in [0, 0.05) is 45.0 Å². The Labute approximate surface area is 165 Å². The van der Waals surface area contributed by atoms with Crippen molar-refractivity contribution in [1.29, 1.82) is 0 Å². The van der Waals surface area contributed by atoms with Crippen molar-refractivity contribution in [3.8, 4) is 11.3 Å². The summed E-state index contributed by atoms with van der Waals surface area (Å²) in [7, 11) is -0.405. The van der Waals surface area contributed by atoms with Gasteiger partial charge in [-0.25, -0.2) is 9.97 Å². The Balaban J connectivity index is 1.54. The summed E-state index contributed by atoms with van der Waals surface area (Å²) in [5.41, 5.74) is 1.89. The van der Waals surface area contributed by atoms with Gasteiger partial charge in [0.25, 0.3) is 10.2 Å². The predicted octanol–water partition coefficient (Wildman–Crippen LogP) is 2.27. The molecule has 8 heteroatoms. The van der Waals surface area contributed by atoms with Crippen molar-refractivity contribution in [2.45, 2.75) is 12.5 Å². The zero-order valence-corrected chi connectivity index (χ0v) is 16.7. The maximum atomic E-state index is 12.0. The van der Waals surface area contributed by atoms with Gasteiger partial charge in [-0.2, -0.15) is 17.4 Å². The fourth-order valence-corrected chi connectivity index (χ4v) is 4.19. The molecule has 1 N–H and O–H groups in total. The van der Waals surface area contributed by atoms with E-state index >= 15 is 0 Å². The van der Waals surface area contributed by atoms with Crippen molar-refractivity contribution in [2.24, 2.45) is 0 Å². The molecule has 2 heterocycles. The molecule has 146 valence electrons. The molecule has 1 aliphatic rings. The molecule has 28 heavy (non-hydrogen) atoms. The minimum absolute atomic E-state index is 0.152. The lowest BCUT2D eigenvalue weighted by molar-refractivity contribution is 0.491. The van der Waals surface area contributed by atoms with E-state index in [0.29, 0.717) is 19.0 Å². The van der Waals surface area contributed by atoms with Crippen LogP contribution in [0.15, 0.2) is 54.7 Å². The average Bonchev–Trinajstić information content (AvgIpc) is 3.15. The molecule has 3 aromatic rings. The van der Waals surface area contributed by atoms with Crippen LogP contribution in [0.3, 0.4) is 0 Å². The first kappa shape index (κ1) is 18.8. The van der Waals surface area contributed by atoms with E-state index in [1.165, 1.54) is 29.2 Å². The summed E-state index contributed by atoms with van der Waals surface area (Å²) >= 11 is 0. The maximum absolute atomic E-state index is 12.0. The number of anilines is 1. The molecule has 7 nitrogen and oxygen atoms in total. The zero-order chi connectivity index (χ0) is 19.7. The van der Waals surface area contributed by atoms with E-state index in [0.717, 1.165) is 17.7 Å². The molecule has 1 saturated heterocycles. The summed E-state index contributed by atoms with van der Waals surface area (Å²) in [4.78, 5) is 11.1. The molecule has 0 aliphatic carbocycles. The third kappa shape index (κ3) is 3.84. The van der Waals surface area contributed by atoms with Crippen molar-refractivity contribution in [3.63, 3.8) is 0 Å². The summed E-state index contributed by atoms with van der Waals surface area (Å²) in [6, 6.07) is 16.2. The van der Waals surface area contributed by atoms with Gasteiger partial charge in [0.15, 0.2) is 0 Å². The van der Waals surface area contributed by atoms with Crippen LogP contribution in [-0.4, -0.2) is 55.9 Å². The van der Waals surface area contributed by atoms with Crippen LogP contribution in [0.4, 0.5) is 5.95 Å². The number of hydrogen-bond donors (Lipinski definition) is 1. The van der Waals surface area contributed by atoms with Crippen LogP contribution in [-0.2, 0) is 10.2 Å². The van der Waals surface area contributed by atoms with Crippen LogP contribution in [0, 0.1) is 0 Å². The second-order valence-electron chi connectivity index (χ2n) is 7.14. The van der Waals surface area contributed by atoms with E-state index in [-0.39, 0.29) is 6.04 Å². The number of hydrogen-bond acceptors (Lipinski definition) is 5. The van der Waals surface area contributed by atoms with Gasteiger partial charge in [0.2, 0.25) is 5.95 Å². The zero-order valence-electron chi connectivity index (χ0n) is 15.9. The molecule has 1 aliphatic heterocycles. The highest BCUT2D eigenvalue weighted by Gasteiger charge is 2.28. The Hall–Kier alpha value is -2.55. The van der Waals surface area contributed by atoms with E-state index in [1.807, 2.05) is 23.1 Å². The molecule has 1 aromatic heterocycles. The molecule has 1 atom stereocenters. The number of fused-ring (bicyclic) bond motifs is 1. The molecule has 0 amide bonds. The molecule has 0 unspecified atom stereocenters. The number of aromatic nitrogens is 2. The molecule has 0 bridgehead atoms. The molecule has 0 spiro atoms. The second kappa shape index (κ2) is 7.46. The van der Waals surface area contributed by atoms with Crippen LogP contribution in [0.1, 0.15) is 6.42 Å². The van der Waals surface area contributed by atoms with Crippen LogP contribution in [0.2, 0.25) is 0 Å². The third-order valence-electron chi connectivity index (χ3n) is 4.96. The monoisotopic (exact) mass is 397 g/mol. The highest BCUT2D eigenvalue weighted by molar-refractivity contribution is 7.87. The summed E-state index contributed by atoms with van der Waals surface area (Å²) in [6.45, 7) is 1.26. The lowest BCUT2D eigenvalue weighted by atomic mass is 10.1. The Morgan fingerprint density at radius 3 is 2.68 bits per heavy atom. The quantitative estimate of drug-likeness (QED) is 0.715. The van der Waals surface area contributed by atoms with E-state index in [1.54, 1.807) is 6.20 Å². The normalized spacial score (nSPS) is 17.5. The second-order valence-corrected chi connectivity index (χ2v) is 9.06. The van der Waals surface area contributed by atoms with Gasteiger partial charge >= 0.3 is 0 Å². The Morgan fingerprint density at radius 1 is 1.11 bits per heavy atom. The minimum atomic E-state index is -3.44. The minimum Gasteiger partial charge on any atom is -0.339 e. The molecular formula is C20H23N5O2S. The van der Waals surface area contributed by atoms with Gasteiger partial charge in [0.05, 0.1) is 5.69 Å². The number of benzene rings is 2. The van der Waals surface area contributed by atoms with Crippen molar-refractivity contribution >= 4 is 26.9 Å². The average molecular weight is 398 g/mol. The van der Waals surface area contributed by atoms with E-state index in [2.05, 4.69) is 40.0 Å². The van der Waals surface area contributed by atoms with Crippen molar-refractivity contribution in [3.05, 3.63) is 54.7 Å². The summed E-state index contributed by atoms with van der Waals surface area (Å²) < 4.78 is 28.0. The lowest BCUT2D eigenvalue weighted by Crippen LogP contribution is -2.43. The van der Waals surface area contributed by atoms with Crippen molar-refractivity contribution in [1.82, 2.24) is 19.0 Å². The number of rotatable bonds is 5. The summed E-state index contributed by atoms with van der Waals surface area (Å²) in [5.74, 6) is 0.622. The third-order valence-corrected chi connectivity index (χ3v) is 6.55. The van der Waals surface area contributed by atoms with E-state index in [9.17, 15) is 8.42 Å². The Kier molecular flexibility index (Phi) is 5.01. The summed E-state index contributed by atoms with van der Waals surface area (Å²) in [6.07, 6.45) is 2.47. The first-order valence-corrected chi connectivity index (χ1v) is 10.6. The van der Waals surface area contributed by atoms with Crippen LogP contribution < -0.4 is 9.62 Å². The standard InChI is InChI=1S/C20H23N5O2S/c1-24(2)28(26,27)23-18-10-12-25(14-18)20-21-11-9-19(22-20)17-8-7-15-5-3-4-6-16(15)13-17/h3-9,11,13,18,23H,10,12,14H2,1-2H3/t18-/m1/s1. The Morgan fingerprint density at radius 2 is 1.89 bits per heavy atom. The van der Waals surface area contributed by atoms with Crippen LogP contribution >= 0.6 is 0 Å². The largest absolute Gasteiger partial charge is 0.339 e. The molecule has 1 fully saturated rings. The number of nitrogens with one attached hydrogen (secondary N) is 1. The van der Waals surface area contributed by atoms with Gasteiger partial charge in [0.1, 0.15) is 0 Å². The first-order chi connectivity index (χ1) is 13.4. The fraction of sp³-hybridized carbons (Fsp3) is 0.300. The molecule has 0 radical (unpaired) electrons. The van der Waals surface area contributed by atoms with Gasteiger partial charge in [-0.1, -0.05) is 36.4 Å². The van der Waals surface area contributed by atoms with Gasteiger partial charge in [-0.3, -0.25) is 0 Å². The molecular weight excluding hydrogens is 374 g/mol. The van der Waals surface area contributed by atoms with Gasteiger partial charge < -0.3 is 4.90 Å². The predicted molar refractivity (Wildman–Crippen MR) is 111 cm³/mol. The number of nitrogens with zero attached hydrogens (tertiary/aromatic N) is 4. The SMILES string of the molecule is CN(C)S(=O)(=O)N[C@@H]1CCN(c2nccc(-c3ccc4ccccc4c3)n2)C1. The van der Waals surface area contributed by atoms with Crippen molar-refractivity contribution in [2.75, 3.05) is 32.1 Å². The van der Waals surface area contributed by atoms with E-state index < -0.39 is 10.2 Å². The van der Waals surface area contributed by atoms with Crippen molar-refractivity contribution < 1.29 is 8.42 Å². The maximum Gasteiger partial charge on any atom is 0.279 e. The topological polar surface area (TPSA) is 78.4 Å². The first-order valence-electron chi connectivity index (χ1n) is 9.19. The molecule has 4 rings (SSSR count). The van der Waals surface area contributed by atoms with Crippen LogP contribution in [0.5, 0.6) is 0 Å². The van der Waals surface area contributed by atoms with Crippen LogP contribution in [0.25, 0.3) is 22.0 Å². The fourth-order valence-electron chi connectivity index (χ4n) is 3.36. The highest BCUT2D eigenvalue weighted by atomic mass is 32.2. The lowest BCUT2D eigenvalue weighted by Gasteiger charge is -2.19. The highest BCUT2D eigenvalue weighted by Crippen LogP contribution is 2.25. The smallest absolute Gasteiger partial charge is 0.279 e. The van der Waals surface area contributed by atoms with E-state index in [4.69, 9.17) is 4.98 Å². The Bertz CT molecular complexity index is 1100. The summed E-state index contributed by atoms with van der Waals surface area (Å²) in [5, 5.41) is 2.36. The van der Waals surface area contributed by atoms with Gasteiger partial charge in [-0.15, -0.1) is 0 Å². The molecule has 0 saturated carbocycles.